The number of carbonyl (C=O) groups excluding carboxylic acids is 2. The van der Waals surface area contributed by atoms with Crippen molar-refractivity contribution >= 4 is 11.8 Å². The highest BCUT2D eigenvalue weighted by molar-refractivity contribution is 5.84. The van der Waals surface area contributed by atoms with Crippen LogP contribution in [0.1, 0.15) is 25.3 Å². The largest absolute Gasteiger partial charge is 0.352 e. The van der Waals surface area contributed by atoms with E-state index in [1.54, 1.807) is 18.2 Å². The molecule has 0 atom stereocenters. The van der Waals surface area contributed by atoms with Gasteiger partial charge < -0.3 is 10.2 Å². The summed E-state index contributed by atoms with van der Waals surface area (Å²) in [5.74, 6) is -0.595. The predicted molar refractivity (Wildman–Crippen MR) is 73.5 cm³/mol. The first-order chi connectivity index (χ1) is 9.56. The molecule has 108 valence electrons. The van der Waals surface area contributed by atoms with E-state index in [1.165, 1.54) is 17.9 Å². The molecule has 0 aliphatic heterocycles. The van der Waals surface area contributed by atoms with Crippen LogP contribution in [0.3, 0.4) is 0 Å². The Hall–Kier alpha value is -1.91. The lowest BCUT2D eigenvalue weighted by atomic mass is 10.1. The Balaban J connectivity index is 1.87. The van der Waals surface area contributed by atoms with Gasteiger partial charge in [0, 0.05) is 19.5 Å². The number of carbonyl (C=O) groups is 2. The SMILES string of the molecule is CC(=O)N(CCc1ccccc1F)CC(=O)NC1CC1. The van der Waals surface area contributed by atoms with Crippen molar-refractivity contribution in [3.8, 4) is 0 Å². The van der Waals surface area contributed by atoms with Gasteiger partial charge >= 0.3 is 0 Å². The predicted octanol–water partition coefficient (Wildman–Crippen LogP) is 1.50. The number of amides is 2. The molecule has 2 amide bonds. The minimum atomic E-state index is -0.279. The first-order valence-electron chi connectivity index (χ1n) is 6.84. The van der Waals surface area contributed by atoms with Gasteiger partial charge in [0.1, 0.15) is 5.82 Å². The highest BCUT2D eigenvalue weighted by Gasteiger charge is 2.24. The molecule has 1 aromatic carbocycles. The van der Waals surface area contributed by atoms with Gasteiger partial charge in [0.2, 0.25) is 11.8 Å². The second kappa shape index (κ2) is 6.50. The Morgan fingerprint density at radius 2 is 2.05 bits per heavy atom. The zero-order valence-electron chi connectivity index (χ0n) is 11.6. The maximum absolute atomic E-state index is 13.5. The van der Waals surface area contributed by atoms with Crippen LogP contribution in [0.25, 0.3) is 0 Å². The summed E-state index contributed by atoms with van der Waals surface area (Å²) in [5, 5.41) is 2.84. The smallest absolute Gasteiger partial charge is 0.239 e. The van der Waals surface area contributed by atoms with E-state index in [0.29, 0.717) is 18.5 Å². The summed E-state index contributed by atoms with van der Waals surface area (Å²) in [4.78, 5) is 24.7. The van der Waals surface area contributed by atoms with Crippen molar-refractivity contribution < 1.29 is 14.0 Å². The molecule has 0 aromatic heterocycles. The lowest BCUT2D eigenvalue weighted by Gasteiger charge is -2.20. The first kappa shape index (κ1) is 14.5. The molecule has 5 heteroatoms. The van der Waals surface area contributed by atoms with E-state index in [2.05, 4.69) is 5.32 Å². The number of nitrogens with one attached hydrogen (secondary N) is 1. The molecule has 1 aliphatic carbocycles. The third-order valence-corrected chi connectivity index (χ3v) is 3.33. The van der Waals surface area contributed by atoms with Crippen molar-refractivity contribution in [2.75, 3.05) is 13.1 Å². The van der Waals surface area contributed by atoms with Crippen molar-refractivity contribution in [1.29, 1.82) is 0 Å². The topological polar surface area (TPSA) is 49.4 Å². The van der Waals surface area contributed by atoms with E-state index in [-0.39, 0.29) is 30.2 Å². The Bertz CT molecular complexity index is 500. The van der Waals surface area contributed by atoms with Crippen LogP contribution in [0, 0.1) is 5.82 Å². The first-order valence-corrected chi connectivity index (χ1v) is 6.84. The monoisotopic (exact) mass is 278 g/mol. The van der Waals surface area contributed by atoms with E-state index in [4.69, 9.17) is 0 Å². The van der Waals surface area contributed by atoms with Crippen molar-refractivity contribution in [2.24, 2.45) is 0 Å². The zero-order valence-corrected chi connectivity index (χ0v) is 11.6. The molecular formula is C15H19FN2O2. The standard InChI is InChI=1S/C15H19FN2O2/c1-11(19)18(10-15(20)17-13-6-7-13)9-8-12-4-2-3-5-14(12)16/h2-5,13H,6-10H2,1H3,(H,17,20). The van der Waals surface area contributed by atoms with E-state index in [9.17, 15) is 14.0 Å². The van der Waals surface area contributed by atoms with Crippen LogP contribution in [0.15, 0.2) is 24.3 Å². The van der Waals surface area contributed by atoms with Crippen molar-refractivity contribution in [3.05, 3.63) is 35.6 Å². The van der Waals surface area contributed by atoms with Gasteiger partial charge in [-0.05, 0) is 30.9 Å². The average molecular weight is 278 g/mol. The molecule has 1 aromatic rings. The molecule has 0 spiro atoms. The van der Waals surface area contributed by atoms with Crippen LogP contribution in [0.2, 0.25) is 0 Å². The number of nitrogens with zero attached hydrogens (tertiary/aromatic N) is 1. The minimum absolute atomic E-state index is 0.0420. The van der Waals surface area contributed by atoms with E-state index in [0.717, 1.165) is 12.8 Å². The summed E-state index contributed by atoms with van der Waals surface area (Å²) >= 11 is 0. The van der Waals surface area contributed by atoms with Crippen LogP contribution in [0.5, 0.6) is 0 Å². The molecule has 1 saturated carbocycles. The second-order valence-corrected chi connectivity index (χ2v) is 5.12. The van der Waals surface area contributed by atoms with Gasteiger partial charge in [-0.2, -0.15) is 0 Å². The zero-order chi connectivity index (χ0) is 14.5. The molecule has 0 unspecified atom stereocenters. The molecule has 1 N–H and O–H groups in total. The fourth-order valence-electron chi connectivity index (χ4n) is 1.98. The molecule has 1 aliphatic rings. The highest BCUT2D eigenvalue weighted by atomic mass is 19.1. The van der Waals surface area contributed by atoms with Gasteiger partial charge in [-0.15, -0.1) is 0 Å². The molecule has 4 nitrogen and oxygen atoms in total. The minimum Gasteiger partial charge on any atom is -0.352 e. The maximum atomic E-state index is 13.5. The van der Waals surface area contributed by atoms with Crippen molar-refractivity contribution in [3.63, 3.8) is 0 Å². The van der Waals surface area contributed by atoms with Gasteiger partial charge in [0.05, 0.1) is 6.54 Å². The fraction of sp³-hybridized carbons (Fsp3) is 0.467. The molecule has 0 saturated heterocycles. The van der Waals surface area contributed by atoms with Gasteiger partial charge in [-0.3, -0.25) is 9.59 Å². The van der Waals surface area contributed by atoms with Crippen LogP contribution in [-0.4, -0.2) is 35.8 Å². The summed E-state index contributed by atoms with van der Waals surface area (Å²) in [6, 6.07) is 6.76. The maximum Gasteiger partial charge on any atom is 0.239 e. The molecule has 1 fully saturated rings. The number of rotatable bonds is 6. The van der Waals surface area contributed by atoms with Crippen LogP contribution in [0.4, 0.5) is 4.39 Å². The summed E-state index contributed by atoms with van der Waals surface area (Å²) in [6.07, 6.45) is 2.44. The summed E-state index contributed by atoms with van der Waals surface area (Å²) in [7, 11) is 0. The van der Waals surface area contributed by atoms with Crippen molar-refractivity contribution in [1.82, 2.24) is 10.2 Å². The fourth-order valence-corrected chi connectivity index (χ4v) is 1.98. The molecule has 20 heavy (non-hydrogen) atoms. The molecule has 2 rings (SSSR count). The summed E-state index contributed by atoms with van der Waals surface area (Å²) < 4.78 is 13.5. The highest BCUT2D eigenvalue weighted by Crippen LogP contribution is 2.18. The van der Waals surface area contributed by atoms with Gasteiger partial charge in [0.25, 0.3) is 0 Å². The lowest BCUT2D eigenvalue weighted by molar-refractivity contribution is -0.134. The number of benzene rings is 1. The Morgan fingerprint density at radius 3 is 2.65 bits per heavy atom. The summed E-state index contributed by atoms with van der Waals surface area (Å²) in [6.45, 7) is 1.81. The Labute approximate surface area is 118 Å². The van der Waals surface area contributed by atoms with Crippen LogP contribution < -0.4 is 5.32 Å². The van der Waals surface area contributed by atoms with Crippen LogP contribution >= 0.6 is 0 Å². The number of hydrogen-bond donors (Lipinski definition) is 1. The average Bonchev–Trinajstić information content (AvgIpc) is 3.19. The molecule has 0 radical (unpaired) electrons. The lowest BCUT2D eigenvalue weighted by Crippen LogP contribution is -2.41. The quantitative estimate of drug-likeness (QED) is 0.857. The molecule has 0 bridgehead atoms. The van der Waals surface area contributed by atoms with Gasteiger partial charge in [-0.25, -0.2) is 4.39 Å². The summed E-state index contributed by atoms with van der Waals surface area (Å²) in [5.41, 5.74) is 0.557. The van der Waals surface area contributed by atoms with Crippen molar-refractivity contribution in [2.45, 2.75) is 32.2 Å². The third-order valence-electron chi connectivity index (χ3n) is 3.33. The Morgan fingerprint density at radius 1 is 1.35 bits per heavy atom. The molecule has 0 heterocycles. The third kappa shape index (κ3) is 4.33. The van der Waals surface area contributed by atoms with E-state index < -0.39 is 0 Å². The number of hydrogen-bond acceptors (Lipinski definition) is 2. The van der Waals surface area contributed by atoms with Gasteiger partial charge in [-0.1, -0.05) is 18.2 Å². The second-order valence-electron chi connectivity index (χ2n) is 5.12. The van der Waals surface area contributed by atoms with Crippen LogP contribution in [-0.2, 0) is 16.0 Å². The Kier molecular flexibility index (Phi) is 4.71. The van der Waals surface area contributed by atoms with E-state index >= 15 is 0 Å². The normalized spacial score (nSPS) is 13.9. The van der Waals surface area contributed by atoms with Gasteiger partial charge in [0.15, 0.2) is 0 Å². The molecular weight excluding hydrogens is 259 g/mol. The number of halogens is 1. The van der Waals surface area contributed by atoms with E-state index in [1.807, 2.05) is 0 Å².